The lowest BCUT2D eigenvalue weighted by Crippen LogP contribution is -1.97. The molecule has 0 fully saturated rings. The van der Waals surface area contributed by atoms with Gasteiger partial charge in [-0.1, -0.05) is 18.2 Å². The number of hydrogen-bond acceptors (Lipinski definition) is 2. The average molecular weight is 178 g/mol. The Bertz CT molecular complexity index is 412. The molecule has 0 saturated heterocycles. The lowest BCUT2D eigenvalue weighted by molar-refractivity contribution is 0.0933. The highest BCUT2D eigenvalue weighted by molar-refractivity contribution is 5.98. The van der Waals surface area contributed by atoms with E-state index in [2.05, 4.69) is 0 Å². The van der Waals surface area contributed by atoms with Crippen LogP contribution < -0.4 is 0 Å². The maximum absolute atomic E-state index is 12.0. The summed E-state index contributed by atoms with van der Waals surface area (Å²) in [5.41, 5.74) is 0.610. The van der Waals surface area contributed by atoms with Crippen molar-refractivity contribution in [2.45, 2.75) is 0 Å². The largest absolute Gasteiger partial charge is 0.453 e. The molecule has 2 nitrogen and oxygen atoms in total. The monoisotopic (exact) mass is 178 g/mol. The highest BCUT2D eigenvalue weighted by Crippen LogP contribution is 2.18. The Kier molecular flexibility index (Phi) is 1.85. The molecule has 1 heterocycles. The third kappa shape index (κ3) is 1.33. The summed E-state index contributed by atoms with van der Waals surface area (Å²) in [5, 5.41) is 0.819. The van der Waals surface area contributed by atoms with Crippen molar-refractivity contribution in [3.8, 4) is 0 Å². The smallest absolute Gasteiger partial charge is 0.228 e. The minimum absolute atomic E-state index is 0.0868. The van der Waals surface area contributed by atoms with Gasteiger partial charge in [-0.2, -0.15) is 0 Å². The molecule has 3 heteroatoms. The standard InChI is InChI=1S/C10H7FO2/c11-6-8(12)10-5-7-3-1-2-4-9(7)13-10/h1-5H,6H2. The predicted octanol–water partition coefficient (Wildman–Crippen LogP) is 2.59. The third-order valence-corrected chi connectivity index (χ3v) is 1.82. The molecule has 1 aromatic carbocycles. The number of alkyl halides is 1. The van der Waals surface area contributed by atoms with Gasteiger partial charge in [-0.05, 0) is 12.1 Å². The minimum atomic E-state index is -1.01. The molecule has 13 heavy (non-hydrogen) atoms. The number of Topliss-reactive ketones (excluding diaryl/α,β-unsaturated/α-hetero) is 1. The summed E-state index contributed by atoms with van der Waals surface area (Å²) in [6, 6.07) is 8.74. The lowest BCUT2D eigenvalue weighted by atomic mass is 10.2. The van der Waals surface area contributed by atoms with Crippen molar-refractivity contribution in [1.29, 1.82) is 0 Å². The molecular formula is C10H7FO2. The molecule has 2 aromatic rings. The Labute approximate surface area is 74.0 Å². The predicted molar refractivity (Wildman–Crippen MR) is 46.5 cm³/mol. The number of rotatable bonds is 2. The van der Waals surface area contributed by atoms with E-state index in [0.29, 0.717) is 5.58 Å². The maximum Gasteiger partial charge on any atom is 0.228 e. The lowest BCUT2D eigenvalue weighted by Gasteiger charge is -1.85. The van der Waals surface area contributed by atoms with E-state index < -0.39 is 12.5 Å². The second-order valence-corrected chi connectivity index (χ2v) is 2.71. The van der Waals surface area contributed by atoms with E-state index in [1.54, 1.807) is 18.2 Å². The molecule has 0 unspecified atom stereocenters. The van der Waals surface area contributed by atoms with Crippen LogP contribution in [0.25, 0.3) is 11.0 Å². The number of carbonyl (C=O) groups is 1. The van der Waals surface area contributed by atoms with Gasteiger partial charge in [0.2, 0.25) is 5.78 Å². The van der Waals surface area contributed by atoms with Crippen LogP contribution in [0, 0.1) is 0 Å². The third-order valence-electron chi connectivity index (χ3n) is 1.82. The Morgan fingerprint density at radius 3 is 2.85 bits per heavy atom. The first-order valence-electron chi connectivity index (χ1n) is 3.89. The highest BCUT2D eigenvalue weighted by Gasteiger charge is 2.10. The van der Waals surface area contributed by atoms with Crippen LogP contribution in [0.15, 0.2) is 34.7 Å². The van der Waals surface area contributed by atoms with Crippen LogP contribution in [0.2, 0.25) is 0 Å². The van der Waals surface area contributed by atoms with E-state index in [4.69, 9.17) is 4.42 Å². The summed E-state index contributed by atoms with van der Waals surface area (Å²) >= 11 is 0. The van der Waals surface area contributed by atoms with Crippen molar-refractivity contribution < 1.29 is 13.6 Å². The molecule has 0 aliphatic carbocycles. The quantitative estimate of drug-likeness (QED) is 0.661. The van der Waals surface area contributed by atoms with E-state index in [9.17, 15) is 9.18 Å². The highest BCUT2D eigenvalue weighted by atomic mass is 19.1. The Morgan fingerprint density at radius 2 is 2.15 bits per heavy atom. The molecule has 2 rings (SSSR count). The normalized spacial score (nSPS) is 10.5. The number of hydrogen-bond donors (Lipinski definition) is 0. The van der Waals surface area contributed by atoms with Crippen LogP contribution in [-0.2, 0) is 0 Å². The number of furan rings is 1. The van der Waals surface area contributed by atoms with Crippen molar-refractivity contribution in [3.63, 3.8) is 0 Å². The fourth-order valence-corrected chi connectivity index (χ4v) is 1.19. The zero-order chi connectivity index (χ0) is 9.26. The first-order chi connectivity index (χ1) is 6.31. The molecule has 1 aromatic heterocycles. The Balaban J connectivity index is 2.56. The van der Waals surface area contributed by atoms with Gasteiger partial charge in [-0.25, -0.2) is 4.39 Å². The summed E-state index contributed by atoms with van der Waals surface area (Å²) in [6.45, 7) is -1.01. The van der Waals surface area contributed by atoms with E-state index in [1.807, 2.05) is 12.1 Å². The first kappa shape index (κ1) is 7.98. The van der Waals surface area contributed by atoms with Crippen molar-refractivity contribution in [3.05, 3.63) is 36.1 Å². The molecule has 0 spiro atoms. The van der Waals surface area contributed by atoms with Crippen LogP contribution in [0.4, 0.5) is 4.39 Å². The Hall–Kier alpha value is -1.64. The van der Waals surface area contributed by atoms with Crippen LogP contribution in [0.3, 0.4) is 0 Å². The van der Waals surface area contributed by atoms with Crippen LogP contribution in [0.1, 0.15) is 10.6 Å². The molecule has 0 amide bonds. The average Bonchev–Trinajstić information content (AvgIpc) is 2.59. The van der Waals surface area contributed by atoms with Crippen LogP contribution >= 0.6 is 0 Å². The van der Waals surface area contributed by atoms with Crippen LogP contribution in [0.5, 0.6) is 0 Å². The fourth-order valence-electron chi connectivity index (χ4n) is 1.19. The van der Waals surface area contributed by atoms with E-state index in [1.165, 1.54) is 0 Å². The summed E-state index contributed by atoms with van der Waals surface area (Å²) in [4.78, 5) is 10.9. The van der Waals surface area contributed by atoms with Gasteiger partial charge < -0.3 is 4.42 Å². The van der Waals surface area contributed by atoms with Gasteiger partial charge >= 0.3 is 0 Å². The van der Waals surface area contributed by atoms with Gasteiger partial charge in [0.15, 0.2) is 12.4 Å². The molecule has 0 saturated carbocycles. The topological polar surface area (TPSA) is 30.2 Å². The molecule has 0 bridgehead atoms. The van der Waals surface area contributed by atoms with Gasteiger partial charge in [0.1, 0.15) is 5.58 Å². The van der Waals surface area contributed by atoms with E-state index >= 15 is 0 Å². The molecule has 66 valence electrons. The number of ketones is 1. The first-order valence-corrected chi connectivity index (χ1v) is 3.89. The van der Waals surface area contributed by atoms with Gasteiger partial charge in [0, 0.05) is 5.39 Å². The van der Waals surface area contributed by atoms with Crippen molar-refractivity contribution in [2.75, 3.05) is 6.67 Å². The fraction of sp³-hybridized carbons (Fsp3) is 0.100. The molecule has 0 atom stereocenters. The van der Waals surface area contributed by atoms with Crippen molar-refractivity contribution >= 4 is 16.8 Å². The Morgan fingerprint density at radius 1 is 1.38 bits per heavy atom. The molecule has 0 N–H and O–H groups in total. The molecular weight excluding hydrogens is 171 g/mol. The number of fused-ring (bicyclic) bond motifs is 1. The van der Waals surface area contributed by atoms with Gasteiger partial charge in [0.05, 0.1) is 0 Å². The number of halogens is 1. The second kappa shape index (κ2) is 3.01. The summed E-state index contributed by atoms with van der Waals surface area (Å²) in [7, 11) is 0. The minimum Gasteiger partial charge on any atom is -0.453 e. The van der Waals surface area contributed by atoms with E-state index in [0.717, 1.165) is 5.39 Å². The number of benzene rings is 1. The molecule has 0 aliphatic rings. The number of carbonyl (C=O) groups excluding carboxylic acids is 1. The van der Waals surface area contributed by atoms with E-state index in [-0.39, 0.29) is 5.76 Å². The van der Waals surface area contributed by atoms with Gasteiger partial charge in [-0.15, -0.1) is 0 Å². The molecule has 0 aliphatic heterocycles. The summed E-state index contributed by atoms with van der Waals surface area (Å²) < 4.78 is 17.1. The van der Waals surface area contributed by atoms with Crippen LogP contribution in [-0.4, -0.2) is 12.5 Å². The van der Waals surface area contributed by atoms with Gasteiger partial charge in [-0.3, -0.25) is 4.79 Å². The maximum atomic E-state index is 12.0. The van der Waals surface area contributed by atoms with Gasteiger partial charge in [0.25, 0.3) is 0 Å². The van der Waals surface area contributed by atoms with Crippen molar-refractivity contribution in [1.82, 2.24) is 0 Å². The summed E-state index contributed by atoms with van der Waals surface area (Å²) in [6.07, 6.45) is 0. The SMILES string of the molecule is O=C(CF)c1cc2ccccc2o1. The zero-order valence-electron chi connectivity index (χ0n) is 6.79. The zero-order valence-corrected chi connectivity index (χ0v) is 6.79. The second-order valence-electron chi connectivity index (χ2n) is 2.71. The molecule has 0 radical (unpaired) electrons. The van der Waals surface area contributed by atoms with Crippen molar-refractivity contribution in [2.24, 2.45) is 0 Å². The number of para-hydroxylation sites is 1. The summed E-state index contributed by atoms with van der Waals surface area (Å²) in [5.74, 6) is -0.528.